The highest BCUT2D eigenvalue weighted by atomic mass is 16.1. The molecule has 0 unspecified atom stereocenters. The van der Waals surface area contributed by atoms with E-state index in [4.69, 9.17) is 5.73 Å². The second-order valence-corrected chi connectivity index (χ2v) is 3.62. The number of pyridine rings is 2. The summed E-state index contributed by atoms with van der Waals surface area (Å²) in [5, 5.41) is 2.64. The molecule has 0 aliphatic rings. The topological polar surface area (TPSA) is 80.9 Å². The monoisotopic (exact) mass is 228 g/mol. The molecule has 0 aliphatic heterocycles. The molecule has 2 heterocycles. The molecule has 86 valence electrons. The number of carbonyl (C=O) groups excluding carboxylic acids is 1. The first-order valence-corrected chi connectivity index (χ1v) is 5.12. The van der Waals surface area contributed by atoms with Crippen LogP contribution in [0.25, 0.3) is 0 Å². The van der Waals surface area contributed by atoms with Gasteiger partial charge in [-0.2, -0.15) is 0 Å². The third-order valence-corrected chi connectivity index (χ3v) is 2.16. The van der Waals surface area contributed by atoms with Crippen LogP contribution < -0.4 is 11.1 Å². The molecule has 0 bridgehead atoms. The Morgan fingerprint density at radius 1 is 1.29 bits per heavy atom. The molecule has 0 aromatic carbocycles. The van der Waals surface area contributed by atoms with Gasteiger partial charge in [0.2, 0.25) is 0 Å². The second-order valence-electron chi connectivity index (χ2n) is 3.62. The van der Waals surface area contributed by atoms with Crippen LogP contribution in [0.5, 0.6) is 0 Å². The molecule has 3 N–H and O–H groups in total. The van der Waals surface area contributed by atoms with Crippen LogP contribution in [0.1, 0.15) is 16.1 Å². The van der Waals surface area contributed by atoms with Crippen molar-refractivity contribution in [3.63, 3.8) is 0 Å². The lowest BCUT2D eigenvalue weighted by Crippen LogP contribution is -2.15. The van der Waals surface area contributed by atoms with Crippen LogP contribution in [-0.4, -0.2) is 15.9 Å². The number of amides is 1. The van der Waals surface area contributed by atoms with Gasteiger partial charge in [0.05, 0.1) is 0 Å². The Morgan fingerprint density at radius 3 is 2.76 bits per heavy atom. The van der Waals surface area contributed by atoms with E-state index in [1.807, 2.05) is 13.0 Å². The lowest BCUT2D eigenvalue weighted by Gasteiger charge is -2.04. The molecule has 2 rings (SSSR count). The van der Waals surface area contributed by atoms with E-state index in [9.17, 15) is 4.79 Å². The molecule has 0 atom stereocenters. The number of rotatable bonds is 2. The predicted molar refractivity (Wildman–Crippen MR) is 65.6 cm³/mol. The van der Waals surface area contributed by atoms with Gasteiger partial charge in [-0.05, 0) is 30.7 Å². The summed E-state index contributed by atoms with van der Waals surface area (Å²) in [6, 6.07) is 8.51. The van der Waals surface area contributed by atoms with Crippen molar-refractivity contribution in [1.82, 2.24) is 9.97 Å². The highest BCUT2D eigenvalue weighted by Gasteiger charge is 2.07. The first-order chi connectivity index (χ1) is 8.15. The molecule has 0 fully saturated rings. The Balaban J connectivity index is 2.14. The van der Waals surface area contributed by atoms with Crippen molar-refractivity contribution in [3.8, 4) is 0 Å². The lowest BCUT2D eigenvalue weighted by atomic mass is 10.3. The first-order valence-electron chi connectivity index (χ1n) is 5.12. The summed E-state index contributed by atoms with van der Waals surface area (Å²) in [4.78, 5) is 19.8. The molecule has 2 aromatic rings. The number of hydrogen-bond donors (Lipinski definition) is 2. The number of nitrogens with zero attached hydrogens (tertiary/aromatic N) is 2. The Bertz CT molecular complexity index is 536. The maximum Gasteiger partial charge on any atom is 0.275 e. The van der Waals surface area contributed by atoms with Crippen LogP contribution in [0, 0.1) is 6.92 Å². The van der Waals surface area contributed by atoms with E-state index < -0.39 is 0 Å². The molecule has 5 heteroatoms. The second kappa shape index (κ2) is 4.61. The fourth-order valence-corrected chi connectivity index (χ4v) is 1.30. The summed E-state index contributed by atoms with van der Waals surface area (Å²) >= 11 is 0. The van der Waals surface area contributed by atoms with Gasteiger partial charge in [0.1, 0.15) is 17.3 Å². The minimum absolute atomic E-state index is 0.271. The number of aryl methyl sites for hydroxylation is 1. The van der Waals surface area contributed by atoms with Crippen LogP contribution in [0.2, 0.25) is 0 Å². The molecule has 0 saturated carbocycles. The number of nitrogens with one attached hydrogen (secondary N) is 1. The fourth-order valence-electron chi connectivity index (χ4n) is 1.30. The minimum atomic E-state index is -0.325. The quantitative estimate of drug-likeness (QED) is 0.818. The van der Waals surface area contributed by atoms with Gasteiger partial charge in [0.25, 0.3) is 5.91 Å². The Kier molecular flexibility index (Phi) is 3.00. The molecule has 0 aliphatic carbocycles. The van der Waals surface area contributed by atoms with Crippen LogP contribution in [0.15, 0.2) is 36.5 Å². The summed E-state index contributed by atoms with van der Waals surface area (Å²) in [6.45, 7) is 1.93. The molecule has 1 amide bonds. The number of hydrogen-bond acceptors (Lipinski definition) is 4. The van der Waals surface area contributed by atoms with Crippen molar-refractivity contribution in [2.24, 2.45) is 0 Å². The number of anilines is 2. The van der Waals surface area contributed by atoms with E-state index in [1.54, 1.807) is 30.5 Å². The summed E-state index contributed by atoms with van der Waals surface area (Å²) < 4.78 is 0. The Hall–Kier alpha value is -2.43. The number of nitrogens with two attached hydrogens (primary N) is 1. The third-order valence-electron chi connectivity index (χ3n) is 2.16. The summed E-state index contributed by atoms with van der Waals surface area (Å²) in [6.07, 6.45) is 1.68. The fraction of sp³-hybridized carbons (Fsp3) is 0.0833. The molecule has 5 nitrogen and oxygen atoms in total. The Labute approximate surface area is 98.7 Å². The van der Waals surface area contributed by atoms with Gasteiger partial charge in [-0.3, -0.25) is 4.79 Å². The SMILES string of the molecule is Cc1ccc(NC(=O)c2cccc(N)n2)nc1. The van der Waals surface area contributed by atoms with Gasteiger partial charge in [0.15, 0.2) is 0 Å². The van der Waals surface area contributed by atoms with Crippen LogP contribution in [0.4, 0.5) is 11.6 Å². The van der Waals surface area contributed by atoms with Crippen molar-refractivity contribution >= 4 is 17.5 Å². The standard InChI is InChI=1S/C12H12N4O/c1-8-5-6-11(14-7-8)16-12(17)9-3-2-4-10(13)15-9/h2-7H,1H3,(H2,13,15)(H,14,16,17). The zero-order chi connectivity index (χ0) is 12.3. The van der Waals surface area contributed by atoms with Crippen LogP contribution >= 0.6 is 0 Å². The molecule has 0 spiro atoms. The van der Waals surface area contributed by atoms with E-state index in [0.29, 0.717) is 11.6 Å². The van der Waals surface area contributed by atoms with Gasteiger partial charge in [-0.15, -0.1) is 0 Å². The molecular weight excluding hydrogens is 216 g/mol. The largest absolute Gasteiger partial charge is 0.384 e. The van der Waals surface area contributed by atoms with Crippen molar-refractivity contribution in [1.29, 1.82) is 0 Å². The summed E-state index contributed by atoms with van der Waals surface area (Å²) in [7, 11) is 0. The molecule has 17 heavy (non-hydrogen) atoms. The van der Waals surface area contributed by atoms with Gasteiger partial charge < -0.3 is 11.1 Å². The lowest BCUT2D eigenvalue weighted by molar-refractivity contribution is 0.102. The van der Waals surface area contributed by atoms with Crippen molar-refractivity contribution in [2.45, 2.75) is 6.92 Å². The van der Waals surface area contributed by atoms with Crippen molar-refractivity contribution in [2.75, 3.05) is 11.1 Å². The van der Waals surface area contributed by atoms with Crippen molar-refractivity contribution in [3.05, 3.63) is 47.8 Å². The highest BCUT2D eigenvalue weighted by Crippen LogP contribution is 2.07. The van der Waals surface area contributed by atoms with E-state index in [1.165, 1.54) is 0 Å². The highest BCUT2D eigenvalue weighted by molar-refractivity contribution is 6.02. The molecule has 0 radical (unpaired) electrons. The minimum Gasteiger partial charge on any atom is -0.384 e. The number of aromatic nitrogens is 2. The number of carbonyl (C=O) groups is 1. The summed E-state index contributed by atoms with van der Waals surface area (Å²) in [5.41, 5.74) is 6.81. The molecule has 2 aromatic heterocycles. The zero-order valence-corrected chi connectivity index (χ0v) is 9.34. The van der Waals surface area contributed by atoms with E-state index >= 15 is 0 Å². The average molecular weight is 228 g/mol. The normalized spacial score (nSPS) is 9.94. The van der Waals surface area contributed by atoms with E-state index in [0.717, 1.165) is 5.56 Å². The van der Waals surface area contributed by atoms with Gasteiger partial charge in [-0.1, -0.05) is 12.1 Å². The van der Waals surface area contributed by atoms with Crippen LogP contribution in [0.3, 0.4) is 0 Å². The molecule has 0 saturated heterocycles. The third kappa shape index (κ3) is 2.78. The zero-order valence-electron chi connectivity index (χ0n) is 9.34. The van der Waals surface area contributed by atoms with E-state index in [-0.39, 0.29) is 11.6 Å². The predicted octanol–water partition coefficient (Wildman–Crippen LogP) is 1.62. The number of nitrogen functional groups attached to an aromatic ring is 1. The van der Waals surface area contributed by atoms with Gasteiger partial charge in [0, 0.05) is 6.20 Å². The Morgan fingerprint density at radius 2 is 2.12 bits per heavy atom. The maximum atomic E-state index is 11.8. The van der Waals surface area contributed by atoms with Gasteiger partial charge in [-0.25, -0.2) is 9.97 Å². The van der Waals surface area contributed by atoms with Gasteiger partial charge >= 0.3 is 0 Å². The smallest absolute Gasteiger partial charge is 0.275 e. The maximum absolute atomic E-state index is 11.8. The first kappa shape index (κ1) is 11.1. The van der Waals surface area contributed by atoms with Crippen LogP contribution in [-0.2, 0) is 0 Å². The molecular formula is C12H12N4O. The van der Waals surface area contributed by atoms with Crippen molar-refractivity contribution < 1.29 is 4.79 Å². The summed E-state index contributed by atoms with van der Waals surface area (Å²) in [5.74, 6) is 0.480. The van der Waals surface area contributed by atoms with E-state index in [2.05, 4.69) is 15.3 Å². The average Bonchev–Trinajstić information content (AvgIpc) is 2.32.